The van der Waals surface area contributed by atoms with Crippen molar-refractivity contribution in [2.75, 3.05) is 11.9 Å². The fourth-order valence-corrected chi connectivity index (χ4v) is 1.66. The van der Waals surface area contributed by atoms with E-state index in [9.17, 15) is 0 Å². The topological polar surface area (TPSA) is 50.1 Å². The van der Waals surface area contributed by atoms with Gasteiger partial charge >= 0.3 is 0 Å². The van der Waals surface area contributed by atoms with E-state index in [1.165, 1.54) is 0 Å². The van der Waals surface area contributed by atoms with E-state index in [1.54, 1.807) is 6.08 Å². The summed E-state index contributed by atoms with van der Waals surface area (Å²) in [6, 6.07) is 5.66. The fourth-order valence-electron chi connectivity index (χ4n) is 1.46. The van der Waals surface area contributed by atoms with E-state index in [1.807, 2.05) is 25.1 Å². The molecule has 2 aromatic rings. The smallest absolute Gasteiger partial charge is 0.192 e. The van der Waals surface area contributed by atoms with Gasteiger partial charge in [0.1, 0.15) is 5.52 Å². The molecular weight excluding hydrogens is 234 g/mol. The summed E-state index contributed by atoms with van der Waals surface area (Å²) >= 11 is 5.12. The molecule has 0 amide bonds. The van der Waals surface area contributed by atoms with Crippen LogP contribution in [0.2, 0.25) is 0 Å². The molecule has 0 saturated carbocycles. The van der Waals surface area contributed by atoms with Gasteiger partial charge in [0.2, 0.25) is 0 Å². The summed E-state index contributed by atoms with van der Waals surface area (Å²) < 4.78 is 5.39. The van der Waals surface area contributed by atoms with Crippen LogP contribution in [0, 0.1) is 6.92 Å². The van der Waals surface area contributed by atoms with Crippen LogP contribution < -0.4 is 10.6 Å². The Hall–Kier alpha value is -1.88. The minimum Gasteiger partial charge on any atom is -0.441 e. The van der Waals surface area contributed by atoms with Gasteiger partial charge in [0, 0.05) is 19.2 Å². The zero-order valence-corrected chi connectivity index (χ0v) is 10.3. The number of rotatable bonds is 3. The van der Waals surface area contributed by atoms with E-state index in [-0.39, 0.29) is 0 Å². The average molecular weight is 247 g/mol. The third-order valence-electron chi connectivity index (χ3n) is 2.16. The Bertz CT molecular complexity index is 562. The highest BCUT2D eigenvalue weighted by Crippen LogP contribution is 2.19. The summed E-state index contributed by atoms with van der Waals surface area (Å²) in [4.78, 5) is 4.26. The number of nitrogens with one attached hydrogen (secondary N) is 2. The van der Waals surface area contributed by atoms with Crippen molar-refractivity contribution in [3.05, 3.63) is 36.7 Å². The molecule has 0 radical (unpaired) electrons. The Labute approximate surface area is 105 Å². The van der Waals surface area contributed by atoms with E-state index in [2.05, 4.69) is 22.2 Å². The first-order valence-electron chi connectivity index (χ1n) is 5.22. The Morgan fingerprint density at radius 3 is 3.18 bits per heavy atom. The summed E-state index contributed by atoms with van der Waals surface area (Å²) in [5, 5.41) is 6.62. The molecule has 1 aromatic carbocycles. The Morgan fingerprint density at radius 2 is 2.41 bits per heavy atom. The van der Waals surface area contributed by atoms with E-state index in [0.717, 1.165) is 16.8 Å². The van der Waals surface area contributed by atoms with Gasteiger partial charge in [-0.25, -0.2) is 4.98 Å². The van der Waals surface area contributed by atoms with Gasteiger partial charge in [-0.1, -0.05) is 6.08 Å². The number of aromatic nitrogens is 1. The molecule has 5 heteroatoms. The van der Waals surface area contributed by atoms with Gasteiger partial charge in [-0.15, -0.1) is 6.58 Å². The van der Waals surface area contributed by atoms with Gasteiger partial charge in [-0.3, -0.25) is 0 Å². The average Bonchev–Trinajstić information content (AvgIpc) is 2.65. The molecule has 0 unspecified atom stereocenters. The first kappa shape index (κ1) is 11.6. The molecule has 0 aliphatic rings. The maximum absolute atomic E-state index is 5.39. The summed E-state index contributed by atoms with van der Waals surface area (Å²) in [5.74, 6) is 0.657. The lowest BCUT2D eigenvalue weighted by Crippen LogP contribution is -2.28. The van der Waals surface area contributed by atoms with Crippen LogP contribution in [0.25, 0.3) is 11.1 Å². The molecule has 17 heavy (non-hydrogen) atoms. The van der Waals surface area contributed by atoms with E-state index >= 15 is 0 Å². The van der Waals surface area contributed by atoms with Crippen molar-refractivity contribution in [2.24, 2.45) is 0 Å². The third-order valence-corrected chi connectivity index (χ3v) is 2.41. The normalized spacial score (nSPS) is 10.2. The predicted octanol–water partition coefficient (Wildman–Crippen LogP) is 2.61. The van der Waals surface area contributed by atoms with Crippen molar-refractivity contribution < 1.29 is 4.42 Å². The van der Waals surface area contributed by atoms with Gasteiger partial charge < -0.3 is 15.1 Å². The van der Waals surface area contributed by atoms with Gasteiger partial charge in [-0.2, -0.15) is 0 Å². The Balaban J connectivity index is 2.13. The van der Waals surface area contributed by atoms with Crippen molar-refractivity contribution in [3.63, 3.8) is 0 Å². The molecule has 0 aliphatic carbocycles. The second-order valence-electron chi connectivity index (χ2n) is 3.54. The van der Waals surface area contributed by atoms with Crippen molar-refractivity contribution in [1.29, 1.82) is 0 Å². The standard InChI is InChI=1S/C12H13N3OS/c1-3-6-13-12(17)15-9-4-5-11-10(7-9)14-8(2)16-11/h3-5,7H,1,6H2,2H3,(H2,13,15,17). The minimum atomic E-state index is 0.560. The Kier molecular flexibility index (Phi) is 3.39. The van der Waals surface area contributed by atoms with Crippen LogP contribution in [0.1, 0.15) is 5.89 Å². The molecule has 4 nitrogen and oxygen atoms in total. The van der Waals surface area contributed by atoms with Crippen LogP contribution in [0.5, 0.6) is 0 Å². The van der Waals surface area contributed by atoms with Gasteiger partial charge in [0.25, 0.3) is 0 Å². The minimum absolute atomic E-state index is 0.560. The number of nitrogens with zero attached hydrogens (tertiary/aromatic N) is 1. The van der Waals surface area contributed by atoms with E-state index < -0.39 is 0 Å². The number of hydrogen-bond acceptors (Lipinski definition) is 3. The maximum atomic E-state index is 5.39. The highest BCUT2D eigenvalue weighted by molar-refractivity contribution is 7.80. The van der Waals surface area contributed by atoms with Crippen molar-refractivity contribution >= 4 is 34.1 Å². The largest absolute Gasteiger partial charge is 0.441 e. The van der Waals surface area contributed by atoms with Crippen molar-refractivity contribution in [1.82, 2.24) is 10.3 Å². The first-order valence-corrected chi connectivity index (χ1v) is 5.63. The van der Waals surface area contributed by atoms with Gasteiger partial charge in [0.05, 0.1) is 0 Å². The van der Waals surface area contributed by atoms with E-state index in [0.29, 0.717) is 17.5 Å². The monoisotopic (exact) mass is 247 g/mol. The number of thiocarbonyl (C=S) groups is 1. The highest BCUT2D eigenvalue weighted by Gasteiger charge is 2.03. The lowest BCUT2D eigenvalue weighted by molar-refractivity contribution is 0.561. The van der Waals surface area contributed by atoms with E-state index in [4.69, 9.17) is 16.6 Å². The molecule has 0 atom stereocenters. The van der Waals surface area contributed by atoms with Crippen molar-refractivity contribution in [2.45, 2.75) is 6.92 Å². The molecule has 1 aromatic heterocycles. The summed E-state index contributed by atoms with van der Waals surface area (Å²) in [6.45, 7) is 6.07. The number of fused-ring (bicyclic) bond motifs is 1. The number of oxazole rings is 1. The Morgan fingerprint density at radius 1 is 1.59 bits per heavy atom. The number of benzene rings is 1. The maximum Gasteiger partial charge on any atom is 0.192 e. The third kappa shape index (κ3) is 2.82. The van der Waals surface area contributed by atoms with Crippen LogP contribution in [0.3, 0.4) is 0 Å². The number of hydrogen-bond donors (Lipinski definition) is 2. The van der Waals surface area contributed by atoms with Crippen LogP contribution in [0.15, 0.2) is 35.3 Å². The van der Waals surface area contributed by atoms with Crippen LogP contribution in [0.4, 0.5) is 5.69 Å². The van der Waals surface area contributed by atoms with Crippen molar-refractivity contribution in [3.8, 4) is 0 Å². The second-order valence-corrected chi connectivity index (χ2v) is 3.95. The quantitative estimate of drug-likeness (QED) is 0.645. The molecule has 0 spiro atoms. The second kappa shape index (κ2) is 4.97. The summed E-state index contributed by atoms with van der Waals surface area (Å²) in [6.07, 6.45) is 1.75. The molecule has 1 heterocycles. The fraction of sp³-hybridized carbons (Fsp3) is 0.167. The molecule has 0 aliphatic heterocycles. The first-order chi connectivity index (χ1) is 8.19. The van der Waals surface area contributed by atoms with Crippen LogP contribution in [-0.2, 0) is 0 Å². The molecule has 88 valence electrons. The van der Waals surface area contributed by atoms with Gasteiger partial charge in [-0.05, 0) is 30.4 Å². The highest BCUT2D eigenvalue weighted by atomic mass is 32.1. The zero-order valence-electron chi connectivity index (χ0n) is 9.49. The molecule has 2 N–H and O–H groups in total. The zero-order chi connectivity index (χ0) is 12.3. The molecular formula is C12H13N3OS. The predicted molar refractivity (Wildman–Crippen MR) is 73.2 cm³/mol. The lowest BCUT2D eigenvalue weighted by Gasteiger charge is -2.08. The van der Waals surface area contributed by atoms with Crippen LogP contribution >= 0.6 is 12.2 Å². The number of anilines is 1. The number of aryl methyl sites for hydroxylation is 1. The SMILES string of the molecule is C=CCNC(=S)Nc1ccc2oc(C)nc2c1. The molecule has 0 saturated heterocycles. The van der Waals surface area contributed by atoms with Gasteiger partial charge in [0.15, 0.2) is 16.6 Å². The summed E-state index contributed by atoms with van der Waals surface area (Å²) in [7, 11) is 0. The lowest BCUT2D eigenvalue weighted by atomic mass is 10.3. The van der Waals surface area contributed by atoms with Crippen LogP contribution in [-0.4, -0.2) is 16.6 Å². The molecule has 0 fully saturated rings. The summed E-state index contributed by atoms with van der Waals surface area (Å²) in [5.41, 5.74) is 2.48. The molecule has 0 bridgehead atoms. The molecule has 2 rings (SSSR count).